The molecule has 0 radical (unpaired) electrons. The van der Waals surface area contributed by atoms with Crippen LogP contribution in [0, 0.1) is 11.7 Å². The Balaban J connectivity index is 1.62. The lowest BCUT2D eigenvalue weighted by molar-refractivity contribution is 0.0594. The van der Waals surface area contributed by atoms with Crippen LogP contribution in [0.4, 0.5) is 4.39 Å². The molecule has 0 bridgehead atoms. The molecular formula is C26H30FNO4S. The van der Waals surface area contributed by atoms with Gasteiger partial charge in [-0.3, -0.25) is 4.21 Å². The fourth-order valence-corrected chi connectivity index (χ4v) is 5.71. The summed E-state index contributed by atoms with van der Waals surface area (Å²) in [5, 5.41) is 0. The Labute approximate surface area is 197 Å². The average Bonchev–Trinajstić information content (AvgIpc) is 3.61. The van der Waals surface area contributed by atoms with E-state index in [1.165, 1.54) is 19.2 Å². The molecule has 0 spiro atoms. The molecule has 1 fully saturated rings. The highest BCUT2D eigenvalue weighted by molar-refractivity contribution is 7.84. The lowest BCUT2D eigenvalue weighted by atomic mass is 9.98. The summed E-state index contributed by atoms with van der Waals surface area (Å²) in [6.07, 6.45) is 4.85. The predicted molar refractivity (Wildman–Crippen MR) is 127 cm³/mol. The van der Waals surface area contributed by atoms with E-state index in [-0.39, 0.29) is 11.6 Å². The Kier molecular flexibility index (Phi) is 7.29. The largest absolute Gasteiger partial charge is 0.492 e. The Morgan fingerprint density at radius 1 is 1.27 bits per heavy atom. The van der Waals surface area contributed by atoms with Crippen molar-refractivity contribution in [1.82, 2.24) is 4.90 Å². The van der Waals surface area contributed by atoms with Crippen molar-refractivity contribution in [2.24, 2.45) is 5.92 Å². The zero-order chi connectivity index (χ0) is 23.5. The van der Waals surface area contributed by atoms with Crippen molar-refractivity contribution < 1.29 is 22.9 Å². The standard InChI is InChI=1S/C26H30FNO4S/c1-4-28(5-2)12-6-7-17-13-20(27)9-11-23(17)33(30)16-18-8-10-21-22-14-19(22)15-32-25(21)24(18)26(29)31-3/h6-11,13,19,22H,4-5,12,14-16H2,1-3H3/b7-6-. The van der Waals surface area contributed by atoms with Crippen LogP contribution in [0.25, 0.3) is 6.08 Å². The maximum Gasteiger partial charge on any atom is 0.341 e. The molecule has 0 saturated heterocycles. The van der Waals surface area contributed by atoms with E-state index in [4.69, 9.17) is 9.47 Å². The Morgan fingerprint density at radius 3 is 2.79 bits per heavy atom. The number of hydrogen-bond acceptors (Lipinski definition) is 5. The summed E-state index contributed by atoms with van der Waals surface area (Å²) in [5.41, 5.74) is 2.58. The highest BCUT2D eigenvalue weighted by Gasteiger charge is 2.45. The molecule has 176 valence electrons. The summed E-state index contributed by atoms with van der Waals surface area (Å²) >= 11 is 0. The number of fused-ring (bicyclic) bond motifs is 3. The molecule has 0 amide bonds. The first-order valence-electron chi connectivity index (χ1n) is 11.4. The minimum absolute atomic E-state index is 0.109. The maximum absolute atomic E-state index is 14.0. The molecule has 33 heavy (non-hydrogen) atoms. The summed E-state index contributed by atoms with van der Waals surface area (Å²) < 4.78 is 38.4. The fourth-order valence-electron chi connectivity index (χ4n) is 4.42. The van der Waals surface area contributed by atoms with Crippen molar-refractivity contribution >= 4 is 22.8 Å². The van der Waals surface area contributed by atoms with E-state index in [9.17, 15) is 13.4 Å². The van der Waals surface area contributed by atoms with Crippen molar-refractivity contribution in [2.45, 2.75) is 36.8 Å². The first-order valence-corrected chi connectivity index (χ1v) is 12.7. The summed E-state index contributed by atoms with van der Waals surface area (Å²) in [7, 11) is -0.157. The second-order valence-corrected chi connectivity index (χ2v) is 9.90. The highest BCUT2D eigenvalue weighted by Crippen LogP contribution is 2.55. The number of rotatable bonds is 9. The topological polar surface area (TPSA) is 55.8 Å². The first-order chi connectivity index (χ1) is 16.0. The molecule has 0 N–H and O–H groups in total. The summed E-state index contributed by atoms with van der Waals surface area (Å²) in [6.45, 7) is 7.33. The Morgan fingerprint density at radius 2 is 2.06 bits per heavy atom. The molecule has 1 aliphatic carbocycles. The van der Waals surface area contributed by atoms with Gasteiger partial charge in [-0.25, -0.2) is 9.18 Å². The number of benzene rings is 2. The van der Waals surface area contributed by atoms with Crippen molar-refractivity contribution in [3.8, 4) is 5.75 Å². The molecule has 1 aliphatic heterocycles. The molecule has 1 heterocycles. The summed E-state index contributed by atoms with van der Waals surface area (Å²) in [6, 6.07) is 8.11. The van der Waals surface area contributed by atoms with E-state index in [1.807, 2.05) is 24.3 Å². The quantitative estimate of drug-likeness (QED) is 0.493. The number of hydrogen-bond donors (Lipinski definition) is 0. The lowest BCUT2D eigenvalue weighted by Crippen LogP contribution is -2.22. The van der Waals surface area contributed by atoms with Crippen molar-refractivity contribution in [3.05, 3.63) is 64.5 Å². The van der Waals surface area contributed by atoms with Crippen LogP contribution in [0.2, 0.25) is 0 Å². The normalized spacial score (nSPS) is 19.7. The van der Waals surface area contributed by atoms with Crippen LogP contribution >= 0.6 is 0 Å². The van der Waals surface area contributed by atoms with Gasteiger partial charge < -0.3 is 14.4 Å². The van der Waals surface area contributed by atoms with Gasteiger partial charge in [0.25, 0.3) is 0 Å². The number of carbonyl (C=O) groups excluding carboxylic acids is 1. The van der Waals surface area contributed by atoms with E-state index in [0.717, 1.165) is 31.6 Å². The number of ether oxygens (including phenoxy) is 2. The average molecular weight is 472 g/mol. The van der Waals surface area contributed by atoms with Gasteiger partial charge in [-0.15, -0.1) is 0 Å². The van der Waals surface area contributed by atoms with E-state index in [2.05, 4.69) is 18.7 Å². The molecule has 1 saturated carbocycles. The highest BCUT2D eigenvalue weighted by atomic mass is 32.2. The van der Waals surface area contributed by atoms with Gasteiger partial charge in [0.2, 0.25) is 0 Å². The van der Waals surface area contributed by atoms with E-state index >= 15 is 0 Å². The molecule has 7 heteroatoms. The van der Waals surface area contributed by atoms with Crippen LogP contribution in [0.3, 0.4) is 0 Å². The molecule has 4 rings (SSSR count). The lowest BCUT2D eigenvalue weighted by Gasteiger charge is -2.21. The van der Waals surface area contributed by atoms with Crippen molar-refractivity contribution in [2.75, 3.05) is 33.4 Å². The van der Waals surface area contributed by atoms with Crippen LogP contribution < -0.4 is 4.74 Å². The van der Waals surface area contributed by atoms with Gasteiger partial charge in [0.15, 0.2) is 0 Å². The van der Waals surface area contributed by atoms with Crippen LogP contribution in [0.15, 0.2) is 41.3 Å². The second kappa shape index (κ2) is 10.2. The third-order valence-corrected chi connectivity index (χ3v) is 7.92. The van der Waals surface area contributed by atoms with Gasteiger partial charge in [-0.1, -0.05) is 38.1 Å². The number of nitrogens with zero attached hydrogens (tertiary/aromatic N) is 1. The summed E-state index contributed by atoms with van der Waals surface area (Å²) in [4.78, 5) is 15.4. The zero-order valence-corrected chi connectivity index (χ0v) is 20.1. The van der Waals surface area contributed by atoms with E-state index < -0.39 is 16.8 Å². The van der Waals surface area contributed by atoms with Gasteiger partial charge in [0, 0.05) is 17.4 Å². The third-order valence-electron chi connectivity index (χ3n) is 6.49. The van der Waals surface area contributed by atoms with Crippen LogP contribution in [0.5, 0.6) is 5.75 Å². The predicted octanol–water partition coefficient (Wildman–Crippen LogP) is 4.77. The SMILES string of the molecule is CCN(CC)C/C=C\c1cc(F)ccc1S(=O)Cc1ccc2c(c1C(=O)OC)OCC1CC21. The molecule has 2 aromatic rings. The monoisotopic (exact) mass is 471 g/mol. The van der Waals surface area contributed by atoms with Crippen molar-refractivity contribution in [3.63, 3.8) is 0 Å². The van der Waals surface area contributed by atoms with Gasteiger partial charge in [-0.05, 0) is 60.3 Å². The Hall–Kier alpha value is -2.51. The van der Waals surface area contributed by atoms with Gasteiger partial charge in [0.05, 0.1) is 30.3 Å². The number of halogens is 1. The van der Waals surface area contributed by atoms with Crippen molar-refractivity contribution in [1.29, 1.82) is 0 Å². The fraction of sp³-hybridized carbons (Fsp3) is 0.423. The number of methoxy groups -OCH3 is 1. The minimum atomic E-state index is -1.49. The van der Waals surface area contributed by atoms with E-state index in [1.54, 1.807) is 6.07 Å². The molecule has 5 nitrogen and oxygen atoms in total. The molecule has 0 aromatic heterocycles. The smallest absolute Gasteiger partial charge is 0.341 e. The molecule has 2 aromatic carbocycles. The van der Waals surface area contributed by atoms with Crippen LogP contribution in [0.1, 0.15) is 53.2 Å². The van der Waals surface area contributed by atoms with Crippen LogP contribution in [-0.2, 0) is 21.3 Å². The minimum Gasteiger partial charge on any atom is -0.492 e. The van der Waals surface area contributed by atoms with Gasteiger partial charge >= 0.3 is 5.97 Å². The number of likely N-dealkylation sites (N-methyl/N-ethyl adjacent to an activating group) is 1. The third kappa shape index (κ3) is 5.04. The van der Waals surface area contributed by atoms with Gasteiger partial charge in [0.1, 0.15) is 17.1 Å². The summed E-state index contributed by atoms with van der Waals surface area (Å²) in [5.74, 6) is 0.751. The number of carbonyl (C=O) groups is 1. The van der Waals surface area contributed by atoms with Gasteiger partial charge in [-0.2, -0.15) is 0 Å². The van der Waals surface area contributed by atoms with Crippen LogP contribution in [-0.4, -0.2) is 48.4 Å². The molecule has 3 atom stereocenters. The molecule has 2 aliphatic rings. The number of esters is 1. The zero-order valence-electron chi connectivity index (χ0n) is 19.3. The molecule has 3 unspecified atom stereocenters. The van der Waals surface area contributed by atoms with E-state index in [0.29, 0.717) is 45.8 Å². The Bertz CT molecular complexity index is 1100. The first kappa shape index (κ1) is 23.6. The maximum atomic E-state index is 14.0. The molecular weight excluding hydrogens is 441 g/mol. The second-order valence-electron chi connectivity index (χ2n) is 8.48.